The highest BCUT2D eigenvalue weighted by molar-refractivity contribution is 6.05. The molecule has 8 nitrogen and oxygen atoms in total. The smallest absolute Gasteiger partial charge is 0.255 e. The van der Waals surface area contributed by atoms with E-state index in [2.05, 4.69) is 21.6 Å². The highest BCUT2D eigenvalue weighted by Crippen LogP contribution is 2.28. The summed E-state index contributed by atoms with van der Waals surface area (Å²) >= 11 is 0. The van der Waals surface area contributed by atoms with Gasteiger partial charge in [-0.3, -0.25) is 24.6 Å². The number of hydrogen-bond donors (Lipinski definition) is 3. The van der Waals surface area contributed by atoms with Crippen LogP contribution in [0.4, 0.5) is 0 Å². The van der Waals surface area contributed by atoms with Gasteiger partial charge >= 0.3 is 0 Å². The molecule has 3 aliphatic heterocycles. The molecule has 2 saturated heterocycles. The molecule has 150 valence electrons. The van der Waals surface area contributed by atoms with Crippen molar-refractivity contribution in [3.8, 4) is 0 Å². The maximum absolute atomic E-state index is 12.8. The van der Waals surface area contributed by atoms with Crippen LogP contribution in [0.3, 0.4) is 0 Å². The first kappa shape index (κ1) is 19.0. The Morgan fingerprint density at radius 3 is 2.86 bits per heavy atom. The number of nitrogens with zero attached hydrogens (tertiary/aromatic N) is 2. The fourth-order valence-electron chi connectivity index (χ4n) is 4.37. The third kappa shape index (κ3) is 3.80. The summed E-state index contributed by atoms with van der Waals surface area (Å²) in [6.07, 6.45) is 1.39. The topological polar surface area (TPSA) is 102 Å². The van der Waals surface area contributed by atoms with E-state index in [9.17, 15) is 14.4 Å². The number of imide groups is 1. The van der Waals surface area contributed by atoms with E-state index in [4.69, 9.17) is 5.11 Å². The van der Waals surface area contributed by atoms with Gasteiger partial charge in [0.25, 0.3) is 5.91 Å². The van der Waals surface area contributed by atoms with Crippen LogP contribution in [-0.2, 0) is 22.7 Å². The molecule has 3 N–H and O–H groups in total. The summed E-state index contributed by atoms with van der Waals surface area (Å²) in [6.45, 7) is 4.12. The number of amides is 3. The minimum atomic E-state index is -0.576. The molecule has 1 aromatic rings. The molecule has 4 rings (SSSR count). The van der Waals surface area contributed by atoms with Gasteiger partial charge in [0, 0.05) is 57.4 Å². The number of rotatable bonds is 5. The van der Waals surface area contributed by atoms with Gasteiger partial charge in [0.15, 0.2) is 0 Å². The van der Waals surface area contributed by atoms with Gasteiger partial charge in [-0.2, -0.15) is 0 Å². The molecular weight excluding hydrogens is 360 g/mol. The zero-order valence-electron chi connectivity index (χ0n) is 15.8. The monoisotopic (exact) mass is 386 g/mol. The van der Waals surface area contributed by atoms with Crippen LogP contribution in [0.1, 0.15) is 40.7 Å². The van der Waals surface area contributed by atoms with E-state index >= 15 is 0 Å². The Morgan fingerprint density at radius 1 is 1.21 bits per heavy atom. The summed E-state index contributed by atoms with van der Waals surface area (Å²) in [4.78, 5) is 40.2. The molecule has 0 bridgehead atoms. The van der Waals surface area contributed by atoms with E-state index in [-0.39, 0.29) is 30.7 Å². The largest absolute Gasteiger partial charge is 0.396 e. The molecule has 28 heavy (non-hydrogen) atoms. The molecule has 3 heterocycles. The highest BCUT2D eigenvalue weighted by Gasteiger charge is 2.39. The Labute approximate surface area is 163 Å². The Morgan fingerprint density at radius 2 is 2.07 bits per heavy atom. The van der Waals surface area contributed by atoms with Crippen molar-refractivity contribution in [2.24, 2.45) is 0 Å². The predicted octanol–water partition coefficient (Wildman–Crippen LogP) is -0.396. The molecule has 1 aromatic carbocycles. The van der Waals surface area contributed by atoms with Gasteiger partial charge in [-0.1, -0.05) is 12.1 Å². The Kier molecular flexibility index (Phi) is 5.43. The van der Waals surface area contributed by atoms with E-state index in [1.165, 1.54) is 0 Å². The second kappa shape index (κ2) is 7.98. The maximum Gasteiger partial charge on any atom is 0.255 e. The van der Waals surface area contributed by atoms with Crippen molar-refractivity contribution >= 4 is 17.7 Å². The van der Waals surface area contributed by atoms with Crippen molar-refractivity contribution in [2.45, 2.75) is 44.4 Å². The van der Waals surface area contributed by atoms with Gasteiger partial charge in [0.05, 0.1) is 0 Å². The second-order valence-electron chi connectivity index (χ2n) is 7.79. The lowest BCUT2D eigenvalue weighted by atomic mass is 10.0. The maximum atomic E-state index is 12.8. The minimum absolute atomic E-state index is 0.138. The van der Waals surface area contributed by atoms with Gasteiger partial charge in [-0.15, -0.1) is 0 Å². The number of carbonyl (C=O) groups excluding carboxylic acids is 3. The zero-order valence-corrected chi connectivity index (χ0v) is 15.8. The molecule has 0 aliphatic carbocycles. The number of hydrogen-bond acceptors (Lipinski definition) is 6. The summed E-state index contributed by atoms with van der Waals surface area (Å²) in [7, 11) is 0. The van der Waals surface area contributed by atoms with Gasteiger partial charge < -0.3 is 15.3 Å². The molecule has 8 heteroatoms. The Hall–Kier alpha value is -2.29. The third-order valence-electron chi connectivity index (χ3n) is 5.81. The Bertz CT molecular complexity index is 794. The van der Waals surface area contributed by atoms with Crippen LogP contribution in [-0.4, -0.2) is 71.0 Å². The second-order valence-corrected chi connectivity index (χ2v) is 7.79. The molecule has 0 aromatic heterocycles. The SMILES string of the molecule is O=C1CCC(N2Cc3cc(CN4CCNC(CCO)C4)ccc3C2=O)C(=O)N1. The molecule has 0 radical (unpaired) electrons. The van der Waals surface area contributed by atoms with E-state index in [0.717, 1.165) is 43.7 Å². The standard InChI is InChI=1S/C20H26N4O4/c25-8-5-15-12-23(7-6-21-15)10-13-1-2-16-14(9-13)11-24(20(16)28)17-3-4-18(26)22-19(17)27/h1-2,9,15,17,21,25H,3-8,10-12H2,(H,22,26,27). The number of piperidine rings is 1. The highest BCUT2D eigenvalue weighted by atomic mass is 16.3. The molecule has 3 aliphatic rings. The van der Waals surface area contributed by atoms with Crippen molar-refractivity contribution in [1.29, 1.82) is 0 Å². The van der Waals surface area contributed by atoms with Crippen molar-refractivity contribution < 1.29 is 19.5 Å². The molecule has 3 amide bonds. The van der Waals surface area contributed by atoms with Crippen molar-refractivity contribution in [3.05, 3.63) is 34.9 Å². The number of fused-ring (bicyclic) bond motifs is 1. The first-order chi connectivity index (χ1) is 13.5. The quantitative estimate of drug-likeness (QED) is 0.596. The number of aliphatic hydroxyl groups excluding tert-OH is 1. The molecule has 0 saturated carbocycles. The Balaban J connectivity index is 1.44. The zero-order chi connectivity index (χ0) is 19.7. The summed E-state index contributed by atoms with van der Waals surface area (Å²) in [5, 5.41) is 14.9. The van der Waals surface area contributed by atoms with Crippen molar-refractivity contribution in [3.63, 3.8) is 0 Å². The van der Waals surface area contributed by atoms with Crippen molar-refractivity contribution in [2.75, 3.05) is 26.2 Å². The van der Waals surface area contributed by atoms with Gasteiger partial charge in [0.2, 0.25) is 11.8 Å². The van der Waals surface area contributed by atoms with E-state index < -0.39 is 6.04 Å². The lowest BCUT2D eigenvalue weighted by Gasteiger charge is -2.33. The number of nitrogens with one attached hydrogen (secondary N) is 2. The lowest BCUT2D eigenvalue weighted by molar-refractivity contribution is -0.136. The number of piperazine rings is 1. The molecule has 0 spiro atoms. The van der Waals surface area contributed by atoms with Crippen LogP contribution in [0.15, 0.2) is 18.2 Å². The lowest BCUT2D eigenvalue weighted by Crippen LogP contribution is -2.52. The molecule has 2 fully saturated rings. The summed E-state index contributed by atoms with van der Waals surface area (Å²) in [6, 6.07) is 5.62. The molecular formula is C20H26N4O4. The molecule has 2 unspecified atom stereocenters. The first-order valence-corrected chi connectivity index (χ1v) is 9.88. The van der Waals surface area contributed by atoms with Crippen LogP contribution in [0.5, 0.6) is 0 Å². The average Bonchev–Trinajstić information content (AvgIpc) is 2.98. The van der Waals surface area contributed by atoms with E-state index in [0.29, 0.717) is 24.6 Å². The van der Waals surface area contributed by atoms with E-state index in [1.807, 2.05) is 12.1 Å². The van der Waals surface area contributed by atoms with Crippen LogP contribution in [0, 0.1) is 0 Å². The fraction of sp³-hybridized carbons (Fsp3) is 0.550. The minimum Gasteiger partial charge on any atom is -0.396 e. The van der Waals surface area contributed by atoms with Crippen LogP contribution in [0.25, 0.3) is 0 Å². The van der Waals surface area contributed by atoms with Gasteiger partial charge in [-0.25, -0.2) is 0 Å². The number of benzene rings is 1. The van der Waals surface area contributed by atoms with Crippen LogP contribution < -0.4 is 10.6 Å². The van der Waals surface area contributed by atoms with Gasteiger partial charge in [0.1, 0.15) is 6.04 Å². The van der Waals surface area contributed by atoms with E-state index in [1.54, 1.807) is 4.90 Å². The first-order valence-electron chi connectivity index (χ1n) is 9.88. The number of carbonyl (C=O) groups is 3. The average molecular weight is 386 g/mol. The van der Waals surface area contributed by atoms with Gasteiger partial charge in [-0.05, 0) is 30.0 Å². The van der Waals surface area contributed by atoms with Crippen molar-refractivity contribution in [1.82, 2.24) is 20.4 Å². The summed E-state index contributed by atoms with van der Waals surface area (Å²) in [5.41, 5.74) is 2.72. The normalized spacial score (nSPS) is 25.8. The summed E-state index contributed by atoms with van der Waals surface area (Å²) in [5.74, 6) is -0.794. The predicted molar refractivity (Wildman–Crippen MR) is 101 cm³/mol. The third-order valence-corrected chi connectivity index (χ3v) is 5.81. The molecule has 2 atom stereocenters. The fourth-order valence-corrected chi connectivity index (χ4v) is 4.37. The van der Waals surface area contributed by atoms with Crippen LogP contribution >= 0.6 is 0 Å². The summed E-state index contributed by atoms with van der Waals surface area (Å²) < 4.78 is 0. The van der Waals surface area contributed by atoms with Crippen LogP contribution in [0.2, 0.25) is 0 Å². The number of aliphatic hydroxyl groups is 1.